The number of hydrogen-bond donors (Lipinski definition) is 1. The zero-order valence-electron chi connectivity index (χ0n) is 17.9. The van der Waals surface area contributed by atoms with Crippen LogP contribution in [0.15, 0.2) is 66.9 Å². The molecule has 0 fully saturated rings. The first-order valence-corrected chi connectivity index (χ1v) is 10.5. The number of anilines is 1. The van der Waals surface area contributed by atoms with Crippen molar-refractivity contribution in [3.05, 3.63) is 89.4 Å². The maximum absolute atomic E-state index is 13.8. The van der Waals surface area contributed by atoms with E-state index in [0.717, 1.165) is 33.3 Å². The van der Waals surface area contributed by atoms with Crippen molar-refractivity contribution in [2.24, 2.45) is 0 Å². The maximum atomic E-state index is 13.8. The van der Waals surface area contributed by atoms with Crippen LogP contribution in [0.5, 0.6) is 11.5 Å². The summed E-state index contributed by atoms with van der Waals surface area (Å²) in [6.07, 6.45) is 2.37. The van der Waals surface area contributed by atoms with Gasteiger partial charge in [0.15, 0.2) is 0 Å². The SMILES string of the molecule is COc1ccc([C@H]2CC(=O)Nc3cccc4c3c2cn4Cc2cccc(F)c2)c(OC)c1. The van der Waals surface area contributed by atoms with Gasteiger partial charge in [0.2, 0.25) is 5.91 Å². The van der Waals surface area contributed by atoms with Crippen LogP contribution in [-0.2, 0) is 11.3 Å². The number of nitrogens with zero attached hydrogens (tertiary/aromatic N) is 1. The molecule has 1 amide bonds. The third-order valence-electron chi connectivity index (χ3n) is 6.03. The van der Waals surface area contributed by atoms with Crippen molar-refractivity contribution < 1.29 is 18.7 Å². The maximum Gasteiger partial charge on any atom is 0.225 e. The van der Waals surface area contributed by atoms with Crippen LogP contribution in [0.3, 0.4) is 0 Å². The van der Waals surface area contributed by atoms with E-state index in [1.54, 1.807) is 26.4 Å². The van der Waals surface area contributed by atoms with Crippen molar-refractivity contribution >= 4 is 22.5 Å². The Kier molecular flexibility index (Phi) is 5.05. The molecule has 0 bridgehead atoms. The normalized spacial score (nSPS) is 15.3. The molecular formula is C26H23FN2O3. The number of nitrogens with one attached hydrogen (secondary N) is 1. The molecule has 0 unspecified atom stereocenters. The Morgan fingerprint density at radius 2 is 1.88 bits per heavy atom. The molecule has 2 heterocycles. The molecule has 5 nitrogen and oxygen atoms in total. The topological polar surface area (TPSA) is 52.5 Å². The molecule has 162 valence electrons. The fourth-order valence-electron chi connectivity index (χ4n) is 4.60. The number of halogens is 1. The highest BCUT2D eigenvalue weighted by Gasteiger charge is 2.30. The molecule has 1 aliphatic rings. The molecule has 6 heteroatoms. The highest BCUT2D eigenvalue weighted by Crippen LogP contribution is 2.44. The van der Waals surface area contributed by atoms with Crippen LogP contribution in [0.2, 0.25) is 0 Å². The number of carbonyl (C=O) groups is 1. The van der Waals surface area contributed by atoms with E-state index < -0.39 is 0 Å². The van der Waals surface area contributed by atoms with Gasteiger partial charge in [0, 0.05) is 42.1 Å². The van der Waals surface area contributed by atoms with E-state index in [2.05, 4.69) is 16.1 Å². The third-order valence-corrected chi connectivity index (χ3v) is 6.03. The van der Waals surface area contributed by atoms with Crippen LogP contribution in [0.25, 0.3) is 10.9 Å². The minimum absolute atomic E-state index is 0.0479. The number of benzene rings is 3. The first kappa shape index (κ1) is 20.1. The Bertz CT molecular complexity index is 1330. The average Bonchev–Trinajstić information content (AvgIpc) is 3.09. The Labute approximate surface area is 185 Å². The summed E-state index contributed by atoms with van der Waals surface area (Å²) in [5, 5.41) is 4.05. The second-order valence-corrected chi connectivity index (χ2v) is 7.95. The summed E-state index contributed by atoms with van der Waals surface area (Å²) in [7, 11) is 3.23. The lowest BCUT2D eigenvalue weighted by Crippen LogP contribution is -2.14. The molecule has 4 aromatic rings. The summed E-state index contributed by atoms with van der Waals surface area (Å²) in [5.41, 5.74) is 4.61. The second-order valence-electron chi connectivity index (χ2n) is 7.95. The Morgan fingerprint density at radius 3 is 2.66 bits per heavy atom. The number of carbonyl (C=O) groups excluding carboxylic acids is 1. The minimum Gasteiger partial charge on any atom is -0.497 e. The number of hydrogen-bond acceptors (Lipinski definition) is 3. The lowest BCUT2D eigenvalue weighted by atomic mass is 9.88. The first-order chi connectivity index (χ1) is 15.6. The Morgan fingerprint density at radius 1 is 1.03 bits per heavy atom. The van der Waals surface area contributed by atoms with Crippen molar-refractivity contribution in [3.8, 4) is 11.5 Å². The molecule has 5 rings (SSSR count). The van der Waals surface area contributed by atoms with E-state index in [1.165, 1.54) is 6.07 Å². The summed E-state index contributed by atoms with van der Waals surface area (Å²) >= 11 is 0. The number of aromatic nitrogens is 1. The summed E-state index contributed by atoms with van der Waals surface area (Å²) < 4.78 is 26.9. The zero-order valence-corrected chi connectivity index (χ0v) is 17.9. The van der Waals surface area contributed by atoms with Crippen molar-refractivity contribution in [1.82, 2.24) is 4.57 Å². The van der Waals surface area contributed by atoms with Gasteiger partial charge in [-0.05, 0) is 41.5 Å². The summed E-state index contributed by atoms with van der Waals surface area (Å²) in [4.78, 5) is 12.8. The van der Waals surface area contributed by atoms with Crippen LogP contribution in [-0.4, -0.2) is 24.7 Å². The highest BCUT2D eigenvalue weighted by molar-refractivity contribution is 6.06. The summed E-state index contributed by atoms with van der Waals surface area (Å²) in [5.74, 6) is 0.864. The van der Waals surface area contributed by atoms with Crippen molar-refractivity contribution in [2.75, 3.05) is 19.5 Å². The van der Waals surface area contributed by atoms with Gasteiger partial charge < -0.3 is 19.4 Å². The third kappa shape index (κ3) is 3.47. The molecule has 32 heavy (non-hydrogen) atoms. The molecule has 0 aliphatic carbocycles. The van der Waals surface area contributed by atoms with Gasteiger partial charge in [-0.3, -0.25) is 4.79 Å². The lowest BCUT2D eigenvalue weighted by molar-refractivity contribution is -0.116. The van der Waals surface area contributed by atoms with Gasteiger partial charge in [0.25, 0.3) is 0 Å². The highest BCUT2D eigenvalue weighted by atomic mass is 19.1. The van der Waals surface area contributed by atoms with Crippen molar-refractivity contribution in [3.63, 3.8) is 0 Å². The van der Waals surface area contributed by atoms with Gasteiger partial charge in [-0.15, -0.1) is 0 Å². The zero-order chi connectivity index (χ0) is 22.2. The first-order valence-electron chi connectivity index (χ1n) is 10.5. The van der Waals surface area contributed by atoms with Gasteiger partial charge in [-0.25, -0.2) is 4.39 Å². The smallest absolute Gasteiger partial charge is 0.225 e. The van der Waals surface area contributed by atoms with Gasteiger partial charge in [0.1, 0.15) is 17.3 Å². The number of rotatable bonds is 5. The molecule has 3 aromatic carbocycles. The monoisotopic (exact) mass is 430 g/mol. The van der Waals surface area contributed by atoms with E-state index in [-0.39, 0.29) is 24.1 Å². The largest absolute Gasteiger partial charge is 0.497 e. The van der Waals surface area contributed by atoms with E-state index in [0.29, 0.717) is 18.0 Å². The summed E-state index contributed by atoms with van der Waals surface area (Å²) in [6, 6.07) is 18.2. The quantitative estimate of drug-likeness (QED) is 0.466. The van der Waals surface area contributed by atoms with Crippen LogP contribution in [0.1, 0.15) is 29.0 Å². The van der Waals surface area contributed by atoms with E-state index in [4.69, 9.17) is 9.47 Å². The molecular weight excluding hydrogens is 407 g/mol. The minimum atomic E-state index is -0.255. The molecule has 0 saturated carbocycles. The standard InChI is InChI=1S/C26H23FN2O3/c1-31-18-9-10-19(24(12-18)32-2)20-13-25(30)28-22-7-4-8-23-26(22)21(20)15-29(23)14-16-5-3-6-17(27)11-16/h3-12,15,20H,13-14H2,1-2H3,(H,28,30)/t20-/m1/s1. The van der Waals surface area contributed by atoms with Gasteiger partial charge in [-0.1, -0.05) is 24.3 Å². The van der Waals surface area contributed by atoms with E-state index >= 15 is 0 Å². The molecule has 0 radical (unpaired) electrons. The fraction of sp³-hybridized carbons (Fsp3) is 0.192. The van der Waals surface area contributed by atoms with Gasteiger partial charge >= 0.3 is 0 Å². The number of ether oxygens (including phenoxy) is 2. The average molecular weight is 430 g/mol. The second kappa shape index (κ2) is 8.04. The van der Waals surface area contributed by atoms with Gasteiger partial charge in [0.05, 0.1) is 25.4 Å². The molecule has 0 saturated heterocycles. The molecule has 1 N–H and O–H groups in total. The Balaban J connectivity index is 1.69. The molecule has 1 aliphatic heterocycles. The number of amides is 1. The van der Waals surface area contributed by atoms with Gasteiger partial charge in [-0.2, -0.15) is 0 Å². The fourth-order valence-corrected chi connectivity index (χ4v) is 4.60. The van der Waals surface area contributed by atoms with Crippen molar-refractivity contribution in [2.45, 2.75) is 18.9 Å². The van der Waals surface area contributed by atoms with Crippen LogP contribution >= 0.6 is 0 Å². The lowest BCUT2D eigenvalue weighted by Gasteiger charge is -2.18. The van der Waals surface area contributed by atoms with Crippen molar-refractivity contribution in [1.29, 1.82) is 0 Å². The predicted molar refractivity (Wildman–Crippen MR) is 122 cm³/mol. The Hall–Kier alpha value is -3.80. The molecule has 1 aromatic heterocycles. The molecule has 1 atom stereocenters. The van der Waals surface area contributed by atoms with Crippen LogP contribution in [0, 0.1) is 5.82 Å². The van der Waals surface area contributed by atoms with E-state index in [1.807, 2.05) is 42.5 Å². The van der Waals surface area contributed by atoms with E-state index in [9.17, 15) is 9.18 Å². The summed E-state index contributed by atoms with van der Waals surface area (Å²) in [6.45, 7) is 0.526. The van der Waals surface area contributed by atoms with Crippen LogP contribution in [0.4, 0.5) is 10.1 Å². The number of methoxy groups -OCH3 is 2. The predicted octanol–water partition coefficient (Wildman–Crippen LogP) is 5.32. The van der Waals surface area contributed by atoms with Crippen LogP contribution < -0.4 is 14.8 Å². The molecule has 0 spiro atoms.